The summed E-state index contributed by atoms with van der Waals surface area (Å²) < 4.78 is 27.0. The molecule has 7 heteroatoms. The fraction of sp³-hybridized carbons (Fsp3) is 0.615. The lowest BCUT2D eigenvalue weighted by atomic mass is 9.89. The van der Waals surface area contributed by atoms with E-state index >= 15 is 0 Å². The maximum Gasteiger partial charge on any atom is 0.347 e. The summed E-state index contributed by atoms with van der Waals surface area (Å²) in [6.45, 7) is 0.429. The summed E-state index contributed by atoms with van der Waals surface area (Å²) in [5, 5.41) is 10.5. The zero-order valence-corrected chi connectivity index (χ0v) is 12.5. The Morgan fingerprint density at radius 3 is 2.80 bits per heavy atom. The number of sulfonamides is 1. The van der Waals surface area contributed by atoms with Gasteiger partial charge in [-0.05, 0) is 48.5 Å². The Morgan fingerprint density at radius 2 is 2.20 bits per heavy atom. The van der Waals surface area contributed by atoms with Gasteiger partial charge in [-0.25, -0.2) is 17.9 Å². The van der Waals surface area contributed by atoms with Crippen molar-refractivity contribution in [3.63, 3.8) is 0 Å². The molecule has 0 spiro atoms. The minimum Gasteiger partial charge on any atom is -0.477 e. The van der Waals surface area contributed by atoms with E-state index in [-0.39, 0.29) is 9.77 Å². The highest BCUT2D eigenvalue weighted by Gasteiger charge is 2.39. The molecule has 0 saturated heterocycles. The molecule has 2 aliphatic rings. The molecule has 2 saturated carbocycles. The van der Waals surface area contributed by atoms with Gasteiger partial charge in [-0.2, -0.15) is 0 Å². The van der Waals surface area contributed by atoms with Gasteiger partial charge in [-0.1, -0.05) is 6.42 Å². The third-order valence-electron chi connectivity index (χ3n) is 4.53. The number of carboxylic acids is 1. The Morgan fingerprint density at radius 1 is 1.40 bits per heavy atom. The summed E-state index contributed by atoms with van der Waals surface area (Å²) in [6.07, 6.45) is 4.81. The first-order valence-electron chi connectivity index (χ1n) is 6.78. The highest BCUT2D eigenvalue weighted by molar-refractivity contribution is 7.89. The standard InChI is InChI=1S/C13H17NO4S2/c15-13(16)12-11(3-4-19-12)20(17,18)14-7-10-6-8-1-2-9(10)5-8/h3-4,8-10,14H,1-2,5-7H2,(H,15,16). The van der Waals surface area contributed by atoms with Crippen molar-refractivity contribution in [3.05, 3.63) is 16.3 Å². The minimum atomic E-state index is -3.72. The lowest BCUT2D eigenvalue weighted by Crippen LogP contribution is -2.32. The number of carbonyl (C=O) groups is 1. The molecule has 2 bridgehead atoms. The van der Waals surface area contributed by atoms with Crippen LogP contribution >= 0.6 is 11.3 Å². The Kier molecular flexibility index (Phi) is 3.60. The number of thiophene rings is 1. The Bertz CT molecular complexity index is 622. The fourth-order valence-corrected chi connectivity index (χ4v) is 5.94. The van der Waals surface area contributed by atoms with E-state index < -0.39 is 16.0 Å². The smallest absolute Gasteiger partial charge is 0.347 e. The van der Waals surface area contributed by atoms with Crippen LogP contribution in [0.25, 0.3) is 0 Å². The van der Waals surface area contributed by atoms with Gasteiger partial charge in [-0.15, -0.1) is 11.3 Å². The van der Waals surface area contributed by atoms with Gasteiger partial charge < -0.3 is 5.11 Å². The third-order valence-corrected chi connectivity index (χ3v) is 7.03. The highest BCUT2D eigenvalue weighted by atomic mass is 32.2. The monoisotopic (exact) mass is 315 g/mol. The average Bonchev–Trinajstić information content (AvgIpc) is 3.11. The quantitative estimate of drug-likeness (QED) is 0.872. The summed E-state index contributed by atoms with van der Waals surface area (Å²) in [5.74, 6) is 0.630. The topological polar surface area (TPSA) is 83.5 Å². The number of nitrogens with one attached hydrogen (secondary N) is 1. The van der Waals surface area contributed by atoms with Crippen molar-refractivity contribution < 1.29 is 18.3 Å². The van der Waals surface area contributed by atoms with Gasteiger partial charge in [-0.3, -0.25) is 0 Å². The first-order valence-corrected chi connectivity index (χ1v) is 9.14. The SMILES string of the molecule is O=C(O)c1sccc1S(=O)(=O)NCC1CC2CCC1C2. The van der Waals surface area contributed by atoms with Crippen LogP contribution in [0.1, 0.15) is 35.4 Å². The molecule has 1 aromatic heterocycles. The summed E-state index contributed by atoms with van der Waals surface area (Å²) in [5.41, 5.74) is 0. The van der Waals surface area contributed by atoms with Crippen LogP contribution < -0.4 is 4.72 Å². The normalized spacial score (nSPS) is 28.9. The van der Waals surface area contributed by atoms with Crippen LogP contribution in [0.2, 0.25) is 0 Å². The highest BCUT2D eigenvalue weighted by Crippen LogP contribution is 2.48. The van der Waals surface area contributed by atoms with Crippen LogP contribution in [0.3, 0.4) is 0 Å². The predicted molar refractivity (Wildman–Crippen MR) is 75.4 cm³/mol. The van der Waals surface area contributed by atoms with E-state index in [0.29, 0.717) is 18.4 Å². The van der Waals surface area contributed by atoms with Crippen molar-refractivity contribution in [2.75, 3.05) is 6.54 Å². The Labute approximate surface area is 122 Å². The van der Waals surface area contributed by atoms with Gasteiger partial charge in [0.2, 0.25) is 10.0 Å². The molecule has 3 unspecified atom stereocenters. The van der Waals surface area contributed by atoms with Gasteiger partial charge in [0.25, 0.3) is 0 Å². The molecule has 3 atom stereocenters. The molecule has 0 amide bonds. The van der Waals surface area contributed by atoms with Crippen LogP contribution in [-0.4, -0.2) is 26.0 Å². The Balaban J connectivity index is 1.70. The minimum absolute atomic E-state index is 0.113. The van der Waals surface area contributed by atoms with Gasteiger partial charge in [0, 0.05) is 6.54 Å². The molecule has 0 radical (unpaired) electrons. The number of carboxylic acid groups (broad SMARTS) is 1. The molecule has 2 N–H and O–H groups in total. The van der Waals surface area contributed by atoms with E-state index in [2.05, 4.69) is 4.72 Å². The van der Waals surface area contributed by atoms with Crippen molar-refractivity contribution in [1.29, 1.82) is 0 Å². The van der Waals surface area contributed by atoms with E-state index in [1.165, 1.54) is 30.7 Å². The lowest BCUT2D eigenvalue weighted by Gasteiger charge is -2.21. The summed E-state index contributed by atoms with van der Waals surface area (Å²) >= 11 is 0.936. The van der Waals surface area contributed by atoms with E-state index in [1.807, 2.05) is 0 Å². The molecule has 5 nitrogen and oxygen atoms in total. The van der Waals surface area contributed by atoms with Crippen LogP contribution in [0.15, 0.2) is 16.3 Å². The first-order chi connectivity index (χ1) is 9.47. The molecule has 0 aliphatic heterocycles. The van der Waals surface area contributed by atoms with Crippen molar-refractivity contribution in [1.82, 2.24) is 4.72 Å². The van der Waals surface area contributed by atoms with Crippen LogP contribution in [0.4, 0.5) is 0 Å². The molecule has 2 aliphatic carbocycles. The van der Waals surface area contributed by atoms with Crippen LogP contribution in [0.5, 0.6) is 0 Å². The maximum absolute atomic E-state index is 12.2. The van der Waals surface area contributed by atoms with Gasteiger partial charge in [0.15, 0.2) is 0 Å². The molecule has 20 heavy (non-hydrogen) atoms. The second-order valence-corrected chi connectivity index (χ2v) is 8.36. The van der Waals surface area contributed by atoms with E-state index in [9.17, 15) is 13.2 Å². The molecular formula is C13H17NO4S2. The number of rotatable bonds is 5. The van der Waals surface area contributed by atoms with Crippen LogP contribution in [0, 0.1) is 17.8 Å². The molecule has 0 aromatic carbocycles. The second-order valence-electron chi connectivity index (χ2n) is 5.71. The number of fused-ring (bicyclic) bond motifs is 2. The predicted octanol–water partition coefficient (Wildman–Crippen LogP) is 2.16. The molecule has 1 aromatic rings. The van der Waals surface area contributed by atoms with Crippen molar-refractivity contribution in [2.24, 2.45) is 17.8 Å². The van der Waals surface area contributed by atoms with Gasteiger partial charge >= 0.3 is 5.97 Å². The zero-order valence-electron chi connectivity index (χ0n) is 10.9. The molecule has 2 fully saturated rings. The average molecular weight is 315 g/mol. The van der Waals surface area contributed by atoms with E-state index in [4.69, 9.17) is 5.11 Å². The number of hydrogen-bond donors (Lipinski definition) is 2. The Hall–Kier alpha value is -0.920. The summed E-state index contributed by atoms with van der Waals surface area (Å²) in [6, 6.07) is 1.36. The van der Waals surface area contributed by atoms with E-state index in [0.717, 1.165) is 23.7 Å². The molecule has 3 rings (SSSR count). The second kappa shape index (κ2) is 5.13. The van der Waals surface area contributed by atoms with Crippen LogP contribution in [-0.2, 0) is 10.0 Å². The molecule has 110 valence electrons. The molecule has 1 heterocycles. The number of hydrogen-bond acceptors (Lipinski definition) is 4. The maximum atomic E-state index is 12.2. The fourth-order valence-electron chi connectivity index (χ4n) is 3.59. The summed E-state index contributed by atoms with van der Waals surface area (Å²) in [7, 11) is -3.72. The van der Waals surface area contributed by atoms with E-state index in [1.54, 1.807) is 0 Å². The largest absolute Gasteiger partial charge is 0.477 e. The third kappa shape index (κ3) is 2.49. The van der Waals surface area contributed by atoms with Gasteiger partial charge in [0.05, 0.1) is 0 Å². The van der Waals surface area contributed by atoms with Crippen molar-refractivity contribution in [2.45, 2.75) is 30.6 Å². The van der Waals surface area contributed by atoms with Gasteiger partial charge in [0.1, 0.15) is 9.77 Å². The van der Waals surface area contributed by atoms with Crippen molar-refractivity contribution >= 4 is 27.3 Å². The number of aromatic carboxylic acids is 1. The lowest BCUT2D eigenvalue weighted by molar-refractivity contribution is 0.0698. The zero-order chi connectivity index (χ0) is 14.3. The first kappa shape index (κ1) is 14.0. The molecular weight excluding hydrogens is 298 g/mol. The van der Waals surface area contributed by atoms with Crippen molar-refractivity contribution in [3.8, 4) is 0 Å². The summed E-state index contributed by atoms with van der Waals surface area (Å²) in [4.78, 5) is 10.8.